The van der Waals surface area contributed by atoms with Crippen molar-refractivity contribution >= 4 is 17.2 Å². The van der Waals surface area contributed by atoms with Crippen LogP contribution in [-0.4, -0.2) is 24.7 Å². The molecule has 1 atom stereocenters. The van der Waals surface area contributed by atoms with Gasteiger partial charge in [0, 0.05) is 6.04 Å². The summed E-state index contributed by atoms with van der Waals surface area (Å²) < 4.78 is 36.6. The Bertz CT molecular complexity index is 540. The zero-order chi connectivity index (χ0) is 15.3. The third kappa shape index (κ3) is 5.23. The van der Waals surface area contributed by atoms with Crippen LogP contribution in [-0.2, 0) is 0 Å². The van der Waals surface area contributed by atoms with Crippen LogP contribution in [0, 0.1) is 18.8 Å². The molecule has 0 aliphatic heterocycles. The lowest BCUT2D eigenvalue weighted by Crippen LogP contribution is -2.35. The van der Waals surface area contributed by atoms with Crippen LogP contribution < -0.4 is 11.1 Å². The van der Waals surface area contributed by atoms with Crippen LogP contribution in [0.5, 0.6) is 0 Å². The summed E-state index contributed by atoms with van der Waals surface area (Å²) in [6, 6.07) is 0.643. The molecule has 110 valence electrons. The Morgan fingerprint density at radius 1 is 1.55 bits per heavy atom. The van der Waals surface area contributed by atoms with Gasteiger partial charge in [0.1, 0.15) is 0 Å². The molecule has 0 aliphatic carbocycles. The molecule has 1 unspecified atom stereocenters. The van der Waals surface area contributed by atoms with Gasteiger partial charge in [-0.1, -0.05) is 11.8 Å². The first kappa shape index (κ1) is 16.5. The van der Waals surface area contributed by atoms with E-state index in [2.05, 4.69) is 17.2 Å². The van der Waals surface area contributed by atoms with E-state index in [9.17, 15) is 18.0 Å². The Kier molecular flexibility index (Phi) is 5.60. The highest BCUT2D eigenvalue weighted by atomic mass is 32.1. The third-order valence-corrected chi connectivity index (χ3v) is 3.51. The van der Waals surface area contributed by atoms with E-state index in [1.54, 1.807) is 13.0 Å². The van der Waals surface area contributed by atoms with E-state index < -0.39 is 24.5 Å². The van der Waals surface area contributed by atoms with Crippen LogP contribution in [0.2, 0.25) is 0 Å². The second-order valence-electron chi connectivity index (χ2n) is 4.32. The molecule has 0 saturated carbocycles. The molecule has 1 aromatic heterocycles. The highest BCUT2D eigenvalue weighted by Crippen LogP contribution is 2.23. The van der Waals surface area contributed by atoms with Crippen LogP contribution in [0.1, 0.15) is 33.5 Å². The monoisotopic (exact) mass is 304 g/mol. The van der Waals surface area contributed by atoms with E-state index in [0.29, 0.717) is 9.75 Å². The molecule has 0 aliphatic rings. The maximum Gasteiger partial charge on any atom is 0.391 e. The smallest absolute Gasteiger partial charge is 0.349 e. The van der Waals surface area contributed by atoms with E-state index in [0.717, 1.165) is 16.9 Å². The van der Waals surface area contributed by atoms with Crippen LogP contribution in [0.4, 0.5) is 13.2 Å². The summed E-state index contributed by atoms with van der Waals surface area (Å²) in [6.45, 7) is 3.31. The standard InChI is InChI=1S/C13H15F3N2OS/c1-8-6-11(20-10(8)4-3-5-17)12(19)18-9(2)7-13(14,15)16/h6,9H,5,7,17H2,1-2H3,(H,18,19). The second kappa shape index (κ2) is 6.77. The summed E-state index contributed by atoms with van der Waals surface area (Å²) in [5.41, 5.74) is 6.07. The number of carbonyl (C=O) groups is 1. The summed E-state index contributed by atoms with van der Waals surface area (Å²) in [6.07, 6.45) is -5.35. The number of thiophene rings is 1. The largest absolute Gasteiger partial charge is 0.391 e. The lowest BCUT2D eigenvalue weighted by Gasteiger charge is -2.15. The Morgan fingerprint density at radius 3 is 2.75 bits per heavy atom. The topological polar surface area (TPSA) is 55.1 Å². The summed E-state index contributed by atoms with van der Waals surface area (Å²) >= 11 is 1.15. The van der Waals surface area contributed by atoms with Crippen molar-refractivity contribution in [3.8, 4) is 11.8 Å². The van der Waals surface area contributed by atoms with Crippen LogP contribution in [0.15, 0.2) is 6.07 Å². The molecule has 0 bridgehead atoms. The summed E-state index contributed by atoms with van der Waals surface area (Å²) in [4.78, 5) is 12.9. The maximum atomic E-state index is 12.2. The Labute approximate surface area is 119 Å². The zero-order valence-electron chi connectivity index (χ0n) is 11.1. The number of nitrogens with one attached hydrogen (secondary N) is 1. The number of carbonyl (C=O) groups excluding carboxylic acids is 1. The molecule has 0 radical (unpaired) electrons. The molecule has 0 saturated heterocycles. The van der Waals surface area contributed by atoms with Crippen molar-refractivity contribution in [1.82, 2.24) is 5.32 Å². The van der Waals surface area contributed by atoms with Gasteiger partial charge in [0.2, 0.25) is 0 Å². The first-order valence-electron chi connectivity index (χ1n) is 5.90. The van der Waals surface area contributed by atoms with E-state index in [-0.39, 0.29) is 6.54 Å². The fraction of sp³-hybridized carbons (Fsp3) is 0.462. The van der Waals surface area contributed by atoms with Crippen molar-refractivity contribution in [2.75, 3.05) is 6.54 Å². The molecule has 7 heteroatoms. The minimum atomic E-state index is -4.30. The minimum Gasteiger partial charge on any atom is -0.349 e. The average molecular weight is 304 g/mol. The van der Waals surface area contributed by atoms with Gasteiger partial charge in [-0.25, -0.2) is 0 Å². The van der Waals surface area contributed by atoms with Crippen LogP contribution >= 0.6 is 11.3 Å². The van der Waals surface area contributed by atoms with Crippen molar-refractivity contribution in [1.29, 1.82) is 0 Å². The fourth-order valence-electron chi connectivity index (χ4n) is 1.54. The fourth-order valence-corrected chi connectivity index (χ4v) is 2.49. The van der Waals surface area contributed by atoms with Gasteiger partial charge >= 0.3 is 6.18 Å². The molecule has 0 fully saturated rings. The first-order valence-corrected chi connectivity index (χ1v) is 6.71. The molecule has 20 heavy (non-hydrogen) atoms. The summed E-state index contributed by atoms with van der Waals surface area (Å²) in [5, 5.41) is 2.33. The number of halogens is 3. The van der Waals surface area contributed by atoms with Gasteiger partial charge in [-0.3, -0.25) is 4.79 Å². The van der Waals surface area contributed by atoms with Crippen LogP contribution in [0.3, 0.4) is 0 Å². The van der Waals surface area contributed by atoms with Crippen LogP contribution in [0.25, 0.3) is 0 Å². The SMILES string of the molecule is Cc1cc(C(=O)NC(C)CC(F)(F)F)sc1C#CCN. The van der Waals surface area contributed by atoms with E-state index in [4.69, 9.17) is 5.73 Å². The van der Waals surface area contributed by atoms with E-state index >= 15 is 0 Å². The molecule has 1 heterocycles. The number of nitrogens with two attached hydrogens (primary N) is 1. The number of hydrogen-bond acceptors (Lipinski definition) is 3. The highest BCUT2D eigenvalue weighted by molar-refractivity contribution is 7.14. The van der Waals surface area contributed by atoms with E-state index in [1.807, 2.05) is 0 Å². The quantitative estimate of drug-likeness (QED) is 0.843. The number of aryl methyl sites for hydroxylation is 1. The Hall–Kier alpha value is -1.52. The van der Waals surface area contributed by atoms with Crippen molar-refractivity contribution < 1.29 is 18.0 Å². The highest BCUT2D eigenvalue weighted by Gasteiger charge is 2.30. The van der Waals surface area contributed by atoms with Gasteiger partial charge in [0.05, 0.1) is 22.7 Å². The second-order valence-corrected chi connectivity index (χ2v) is 5.37. The van der Waals surface area contributed by atoms with E-state index in [1.165, 1.54) is 6.92 Å². The lowest BCUT2D eigenvalue weighted by molar-refractivity contribution is -0.138. The molecule has 3 nitrogen and oxygen atoms in total. The summed E-state index contributed by atoms with van der Waals surface area (Å²) in [7, 11) is 0. The molecule has 0 aromatic carbocycles. The molecule has 0 spiro atoms. The number of rotatable bonds is 3. The third-order valence-electron chi connectivity index (χ3n) is 2.36. The van der Waals surface area contributed by atoms with Crippen molar-refractivity contribution in [3.05, 3.63) is 21.4 Å². The van der Waals surface area contributed by atoms with Gasteiger partial charge < -0.3 is 11.1 Å². The molecule has 1 aromatic rings. The normalized spacial score (nSPS) is 12.5. The van der Waals surface area contributed by atoms with Crippen molar-refractivity contribution in [3.63, 3.8) is 0 Å². The maximum absolute atomic E-state index is 12.2. The molecule has 1 amide bonds. The van der Waals surface area contributed by atoms with Gasteiger partial charge in [0.25, 0.3) is 5.91 Å². The predicted molar refractivity (Wildman–Crippen MR) is 72.6 cm³/mol. The minimum absolute atomic E-state index is 0.210. The summed E-state index contributed by atoms with van der Waals surface area (Å²) in [5.74, 6) is 4.98. The molecule has 1 rings (SSSR count). The predicted octanol–water partition coefficient (Wildman–Crippen LogP) is 2.44. The Morgan fingerprint density at radius 2 is 2.20 bits per heavy atom. The van der Waals surface area contributed by atoms with Gasteiger partial charge in [0.15, 0.2) is 0 Å². The van der Waals surface area contributed by atoms with Crippen molar-refractivity contribution in [2.24, 2.45) is 5.73 Å². The Balaban J connectivity index is 2.73. The number of hydrogen-bond donors (Lipinski definition) is 2. The van der Waals surface area contributed by atoms with Gasteiger partial charge in [-0.05, 0) is 25.5 Å². The van der Waals surface area contributed by atoms with Gasteiger partial charge in [-0.15, -0.1) is 11.3 Å². The first-order chi connectivity index (χ1) is 9.23. The lowest BCUT2D eigenvalue weighted by atomic mass is 10.2. The molecular weight excluding hydrogens is 289 g/mol. The zero-order valence-corrected chi connectivity index (χ0v) is 11.9. The number of amides is 1. The molecule has 3 N–H and O–H groups in total. The number of alkyl halides is 3. The molecular formula is C13H15F3N2OS. The van der Waals surface area contributed by atoms with Gasteiger partial charge in [-0.2, -0.15) is 13.2 Å². The average Bonchev–Trinajstić information content (AvgIpc) is 2.65. The van der Waals surface area contributed by atoms with Crippen molar-refractivity contribution in [2.45, 2.75) is 32.5 Å².